The van der Waals surface area contributed by atoms with E-state index in [-0.39, 0.29) is 22.7 Å². The molecule has 0 aromatic carbocycles. The first-order valence-corrected chi connectivity index (χ1v) is 13.2. The van der Waals surface area contributed by atoms with Gasteiger partial charge in [0.2, 0.25) is 5.91 Å². The van der Waals surface area contributed by atoms with Gasteiger partial charge in [-0.2, -0.15) is 0 Å². The van der Waals surface area contributed by atoms with Gasteiger partial charge in [-0.15, -0.1) is 0 Å². The molecule has 1 saturated heterocycles. The zero-order valence-electron chi connectivity index (χ0n) is 19.5. The van der Waals surface area contributed by atoms with Gasteiger partial charge in [0.15, 0.2) is 5.12 Å². The van der Waals surface area contributed by atoms with Crippen molar-refractivity contribution in [3.8, 4) is 0 Å². The SMILES string of the molecule is CC.CC12CCC(=O)NC1CCC1C2CCC2(C)C(C(=O)Sc3ccccn3)CCC12. The Bertz CT molecular complexity index is 815. The normalized spacial score (nSPS) is 41.0. The molecule has 1 N–H and O–H groups in total. The zero-order valence-corrected chi connectivity index (χ0v) is 20.3. The lowest BCUT2D eigenvalue weighted by molar-refractivity contribution is -0.138. The molecule has 170 valence electrons. The molecule has 0 bridgehead atoms. The number of carbonyl (C=O) groups is 2. The predicted molar refractivity (Wildman–Crippen MR) is 125 cm³/mol. The van der Waals surface area contributed by atoms with Crippen molar-refractivity contribution in [3.63, 3.8) is 0 Å². The minimum Gasteiger partial charge on any atom is -0.353 e. The quantitative estimate of drug-likeness (QED) is 0.583. The van der Waals surface area contributed by atoms with Crippen LogP contribution >= 0.6 is 11.8 Å². The number of fused-ring (bicyclic) bond motifs is 5. The summed E-state index contributed by atoms with van der Waals surface area (Å²) in [5, 5.41) is 4.45. The number of nitrogens with one attached hydrogen (secondary N) is 1. The van der Waals surface area contributed by atoms with Crippen molar-refractivity contribution in [1.82, 2.24) is 10.3 Å². The maximum atomic E-state index is 13.2. The highest BCUT2D eigenvalue weighted by molar-refractivity contribution is 8.13. The van der Waals surface area contributed by atoms with Gasteiger partial charge in [-0.05, 0) is 97.4 Å². The lowest BCUT2D eigenvalue weighted by Gasteiger charge is -2.60. The Kier molecular flexibility index (Phi) is 6.54. The van der Waals surface area contributed by atoms with Crippen molar-refractivity contribution < 1.29 is 9.59 Å². The lowest BCUT2D eigenvalue weighted by atomic mass is 9.47. The Balaban J connectivity index is 0.00000112. The molecule has 7 atom stereocenters. The monoisotopic (exact) mass is 442 g/mol. The Morgan fingerprint density at radius 2 is 1.81 bits per heavy atom. The topological polar surface area (TPSA) is 59.1 Å². The maximum absolute atomic E-state index is 13.2. The van der Waals surface area contributed by atoms with Crippen molar-refractivity contribution in [2.45, 2.75) is 90.1 Å². The average molecular weight is 443 g/mol. The standard InChI is InChI=1S/C24H32N2O2S.C2H6/c1-23-12-10-17-15(6-9-19-24(17,2)13-11-20(27)26-19)16(23)7-8-18(23)22(28)29-21-5-3-4-14-25-21;1-2/h3-5,14-19H,6-13H2,1-2H3,(H,26,27);1-2H3. The minimum atomic E-state index is 0.126. The van der Waals surface area contributed by atoms with Crippen LogP contribution in [0.3, 0.4) is 0 Å². The van der Waals surface area contributed by atoms with Crippen molar-refractivity contribution >= 4 is 22.8 Å². The predicted octanol–water partition coefficient (Wildman–Crippen LogP) is 5.86. The van der Waals surface area contributed by atoms with Gasteiger partial charge in [-0.3, -0.25) is 9.59 Å². The number of carbonyl (C=O) groups excluding carboxylic acids is 2. The number of nitrogens with zero attached hydrogens (tertiary/aromatic N) is 1. The van der Waals surface area contributed by atoms with Gasteiger partial charge in [0, 0.05) is 24.6 Å². The van der Waals surface area contributed by atoms with Crippen LogP contribution in [0.15, 0.2) is 29.4 Å². The lowest BCUT2D eigenvalue weighted by Crippen LogP contribution is -2.61. The van der Waals surface area contributed by atoms with E-state index in [1.54, 1.807) is 6.20 Å². The average Bonchev–Trinajstić information content (AvgIpc) is 3.14. The highest BCUT2D eigenvalue weighted by Crippen LogP contribution is 2.66. The van der Waals surface area contributed by atoms with Crippen LogP contribution in [0.1, 0.15) is 79.1 Å². The fraction of sp³-hybridized carbons (Fsp3) is 0.731. The van der Waals surface area contributed by atoms with E-state index in [1.165, 1.54) is 31.0 Å². The number of aromatic nitrogens is 1. The maximum Gasteiger partial charge on any atom is 0.220 e. The fourth-order valence-electron chi connectivity index (χ4n) is 7.67. The molecule has 31 heavy (non-hydrogen) atoms. The summed E-state index contributed by atoms with van der Waals surface area (Å²) in [5.74, 6) is 2.44. The zero-order chi connectivity index (χ0) is 22.2. The third-order valence-electron chi connectivity index (χ3n) is 9.22. The highest BCUT2D eigenvalue weighted by atomic mass is 32.2. The van der Waals surface area contributed by atoms with Gasteiger partial charge in [0.1, 0.15) is 5.03 Å². The van der Waals surface area contributed by atoms with E-state index >= 15 is 0 Å². The van der Waals surface area contributed by atoms with Gasteiger partial charge < -0.3 is 5.32 Å². The third kappa shape index (κ3) is 3.85. The Morgan fingerprint density at radius 1 is 1.03 bits per heavy atom. The number of hydrogen-bond acceptors (Lipinski definition) is 4. The van der Waals surface area contributed by atoms with Crippen LogP contribution in [-0.4, -0.2) is 22.0 Å². The summed E-state index contributed by atoms with van der Waals surface area (Å²) >= 11 is 1.34. The van der Waals surface area contributed by atoms with Gasteiger partial charge in [-0.1, -0.05) is 33.8 Å². The molecule has 3 aliphatic carbocycles. The van der Waals surface area contributed by atoms with Crippen LogP contribution < -0.4 is 5.32 Å². The third-order valence-corrected chi connectivity index (χ3v) is 10.2. The number of pyridine rings is 1. The van der Waals surface area contributed by atoms with E-state index < -0.39 is 0 Å². The van der Waals surface area contributed by atoms with Crippen molar-refractivity contribution in [3.05, 3.63) is 24.4 Å². The molecule has 4 fully saturated rings. The summed E-state index contributed by atoms with van der Waals surface area (Å²) in [6.45, 7) is 8.84. The molecule has 4 nitrogen and oxygen atoms in total. The number of amides is 1. The Labute approximate surface area is 191 Å². The molecule has 1 aliphatic heterocycles. The highest BCUT2D eigenvalue weighted by Gasteiger charge is 2.61. The molecule has 2 heterocycles. The van der Waals surface area contributed by atoms with E-state index in [0.717, 1.165) is 30.7 Å². The molecule has 1 aromatic heterocycles. The van der Waals surface area contributed by atoms with Crippen LogP contribution in [0.4, 0.5) is 0 Å². The summed E-state index contributed by atoms with van der Waals surface area (Å²) in [6.07, 6.45) is 10.4. The molecule has 0 radical (unpaired) electrons. The van der Waals surface area contributed by atoms with Gasteiger partial charge in [0.25, 0.3) is 0 Å². The van der Waals surface area contributed by atoms with Crippen molar-refractivity contribution in [2.75, 3.05) is 0 Å². The molecule has 1 amide bonds. The first-order valence-electron chi connectivity index (χ1n) is 12.3. The van der Waals surface area contributed by atoms with Crippen LogP contribution in [-0.2, 0) is 9.59 Å². The van der Waals surface area contributed by atoms with E-state index in [9.17, 15) is 9.59 Å². The Morgan fingerprint density at radius 3 is 2.55 bits per heavy atom. The van der Waals surface area contributed by atoms with Crippen molar-refractivity contribution in [2.24, 2.45) is 34.5 Å². The van der Waals surface area contributed by atoms with E-state index in [0.29, 0.717) is 35.3 Å². The Hall–Kier alpha value is -1.36. The molecule has 3 saturated carbocycles. The largest absolute Gasteiger partial charge is 0.353 e. The molecule has 4 aliphatic rings. The number of hydrogen-bond donors (Lipinski definition) is 1. The van der Waals surface area contributed by atoms with Gasteiger partial charge >= 0.3 is 0 Å². The summed E-state index contributed by atoms with van der Waals surface area (Å²) < 4.78 is 0. The molecule has 5 rings (SSSR count). The first-order chi connectivity index (χ1) is 14.9. The molecule has 7 unspecified atom stereocenters. The van der Waals surface area contributed by atoms with E-state index in [4.69, 9.17) is 0 Å². The molecule has 0 spiro atoms. The second-order valence-corrected chi connectivity index (χ2v) is 11.4. The van der Waals surface area contributed by atoms with Crippen LogP contribution in [0.25, 0.3) is 0 Å². The number of rotatable bonds is 2. The van der Waals surface area contributed by atoms with Crippen LogP contribution in [0.5, 0.6) is 0 Å². The molecule has 1 aromatic rings. The number of piperidine rings is 1. The van der Waals surface area contributed by atoms with Crippen LogP contribution in [0.2, 0.25) is 0 Å². The minimum absolute atomic E-state index is 0.126. The summed E-state index contributed by atoms with van der Waals surface area (Å²) in [7, 11) is 0. The van der Waals surface area contributed by atoms with E-state index in [2.05, 4.69) is 24.1 Å². The summed E-state index contributed by atoms with van der Waals surface area (Å²) in [5.41, 5.74) is 0.365. The van der Waals surface area contributed by atoms with Gasteiger partial charge in [-0.25, -0.2) is 4.98 Å². The fourth-order valence-corrected chi connectivity index (χ4v) is 8.67. The van der Waals surface area contributed by atoms with Gasteiger partial charge in [0.05, 0.1) is 0 Å². The van der Waals surface area contributed by atoms with Crippen LogP contribution in [0, 0.1) is 34.5 Å². The van der Waals surface area contributed by atoms with Crippen molar-refractivity contribution in [1.29, 1.82) is 0 Å². The molecule has 5 heteroatoms. The second kappa shape index (κ2) is 8.88. The van der Waals surface area contributed by atoms with E-state index in [1.807, 2.05) is 32.0 Å². The molecular weight excluding hydrogens is 404 g/mol. The number of thioether (sulfide) groups is 1. The molecular formula is C26H38N2O2S. The second-order valence-electron chi connectivity index (χ2n) is 10.3. The summed E-state index contributed by atoms with van der Waals surface area (Å²) in [6, 6.07) is 6.14. The summed E-state index contributed by atoms with van der Waals surface area (Å²) in [4.78, 5) is 29.6. The first kappa shape index (κ1) is 22.8. The smallest absolute Gasteiger partial charge is 0.220 e.